The van der Waals surface area contributed by atoms with Crippen LogP contribution in [0.15, 0.2) is 11.6 Å². The summed E-state index contributed by atoms with van der Waals surface area (Å²) in [5.74, 6) is 2.84. The van der Waals surface area contributed by atoms with Crippen LogP contribution in [0.1, 0.15) is 19.8 Å². The predicted molar refractivity (Wildman–Crippen MR) is 33.6 cm³/mol. The second kappa shape index (κ2) is 2.05. The van der Waals surface area contributed by atoms with E-state index in [0.29, 0.717) is 5.92 Å². The molecule has 1 aliphatic rings. The third kappa shape index (κ3) is 0.924. The molecule has 41 valence electrons. The van der Waals surface area contributed by atoms with Crippen LogP contribution in [0.5, 0.6) is 0 Å². The summed E-state index contributed by atoms with van der Waals surface area (Å²) in [6.07, 6.45) is 11.2. The number of allylic oxidation sites excluding steroid dienone is 2. The molecular formula is C8H9. The summed E-state index contributed by atoms with van der Waals surface area (Å²) in [7, 11) is 0. The second-order valence-electron chi connectivity index (χ2n) is 2.09. The standard InChI is InChI=1S/C8H9/c1-3-7(4-2)8-5-6-8/h5,7H,3,6H2,1H3. The zero-order valence-electron chi connectivity index (χ0n) is 5.07. The van der Waals surface area contributed by atoms with E-state index in [0.717, 1.165) is 12.8 Å². The molecule has 0 saturated carbocycles. The first-order valence-electron chi connectivity index (χ1n) is 2.99. The summed E-state index contributed by atoms with van der Waals surface area (Å²) in [4.78, 5) is 0. The summed E-state index contributed by atoms with van der Waals surface area (Å²) < 4.78 is 0. The van der Waals surface area contributed by atoms with Crippen LogP contribution >= 0.6 is 0 Å². The first kappa shape index (κ1) is 5.44. The normalized spacial score (nSPS) is 18.8. The summed E-state index contributed by atoms with van der Waals surface area (Å²) in [6.45, 7) is 2.09. The van der Waals surface area contributed by atoms with Crippen molar-refractivity contribution in [3.05, 3.63) is 18.1 Å². The van der Waals surface area contributed by atoms with Crippen LogP contribution in [0.25, 0.3) is 0 Å². The molecule has 1 aliphatic carbocycles. The average molecular weight is 105 g/mol. The van der Waals surface area contributed by atoms with Gasteiger partial charge in [0.15, 0.2) is 0 Å². The molecule has 8 heavy (non-hydrogen) atoms. The van der Waals surface area contributed by atoms with E-state index in [9.17, 15) is 0 Å². The maximum atomic E-state index is 6.84. The molecule has 0 aromatic rings. The van der Waals surface area contributed by atoms with E-state index in [-0.39, 0.29) is 0 Å². The molecule has 0 N–H and O–H groups in total. The fourth-order valence-electron chi connectivity index (χ4n) is 0.800. The van der Waals surface area contributed by atoms with Gasteiger partial charge in [0.2, 0.25) is 0 Å². The van der Waals surface area contributed by atoms with Gasteiger partial charge in [0.05, 0.1) is 0 Å². The Labute approximate surface area is 50.6 Å². The Morgan fingerprint density at radius 3 is 2.75 bits per heavy atom. The van der Waals surface area contributed by atoms with Crippen molar-refractivity contribution in [3.63, 3.8) is 0 Å². The van der Waals surface area contributed by atoms with E-state index in [2.05, 4.69) is 18.9 Å². The lowest BCUT2D eigenvalue weighted by atomic mass is 10.1. The molecule has 1 unspecified atom stereocenters. The van der Waals surface area contributed by atoms with Crippen molar-refractivity contribution in [2.75, 3.05) is 0 Å². The SMILES string of the molecule is [C]#CC(CC)C1=CC1. The predicted octanol–water partition coefficient (Wildman–Crippen LogP) is 1.93. The van der Waals surface area contributed by atoms with E-state index in [4.69, 9.17) is 6.42 Å². The van der Waals surface area contributed by atoms with E-state index >= 15 is 0 Å². The van der Waals surface area contributed by atoms with Crippen molar-refractivity contribution in [1.82, 2.24) is 0 Å². The number of hydrogen-bond acceptors (Lipinski definition) is 0. The van der Waals surface area contributed by atoms with Gasteiger partial charge in [0.25, 0.3) is 0 Å². The molecule has 0 aromatic heterocycles. The van der Waals surface area contributed by atoms with Crippen LogP contribution in [-0.4, -0.2) is 0 Å². The minimum absolute atomic E-state index is 0.343. The van der Waals surface area contributed by atoms with Crippen molar-refractivity contribution in [2.24, 2.45) is 5.92 Å². The molecule has 0 nitrogen and oxygen atoms in total. The van der Waals surface area contributed by atoms with Gasteiger partial charge in [-0.25, -0.2) is 0 Å². The van der Waals surface area contributed by atoms with Crippen molar-refractivity contribution in [1.29, 1.82) is 0 Å². The second-order valence-corrected chi connectivity index (χ2v) is 2.09. The molecule has 0 heterocycles. The summed E-state index contributed by atoms with van der Waals surface area (Å²) in [6, 6.07) is 0. The number of rotatable bonds is 2. The van der Waals surface area contributed by atoms with E-state index in [1.54, 1.807) is 0 Å². The molecule has 0 aromatic carbocycles. The molecule has 0 fully saturated rings. The Morgan fingerprint density at radius 1 is 2.00 bits per heavy atom. The van der Waals surface area contributed by atoms with Gasteiger partial charge in [-0.05, 0) is 19.3 Å². The van der Waals surface area contributed by atoms with Gasteiger partial charge in [0, 0.05) is 5.92 Å². The first-order valence-corrected chi connectivity index (χ1v) is 2.99. The number of hydrogen-bond donors (Lipinski definition) is 0. The van der Waals surface area contributed by atoms with Gasteiger partial charge in [0.1, 0.15) is 0 Å². The highest BCUT2D eigenvalue weighted by molar-refractivity contribution is 5.29. The summed E-state index contributed by atoms with van der Waals surface area (Å²) in [5.41, 5.74) is 1.41. The highest BCUT2D eigenvalue weighted by Crippen LogP contribution is 2.28. The largest absolute Gasteiger partial charge is 0.0812 e. The molecule has 0 amide bonds. The zero-order chi connectivity index (χ0) is 5.98. The Morgan fingerprint density at radius 2 is 2.62 bits per heavy atom. The van der Waals surface area contributed by atoms with Crippen LogP contribution in [0, 0.1) is 18.3 Å². The minimum atomic E-state index is 0.343. The lowest BCUT2D eigenvalue weighted by Gasteiger charge is -1.97. The van der Waals surface area contributed by atoms with E-state index in [1.807, 2.05) is 0 Å². The molecule has 1 atom stereocenters. The Bertz CT molecular complexity index is 146. The molecule has 1 radical (unpaired) electrons. The monoisotopic (exact) mass is 105 g/mol. The van der Waals surface area contributed by atoms with Crippen molar-refractivity contribution >= 4 is 0 Å². The maximum Gasteiger partial charge on any atom is 0.0422 e. The van der Waals surface area contributed by atoms with Crippen LogP contribution in [0.3, 0.4) is 0 Å². The van der Waals surface area contributed by atoms with Gasteiger partial charge in [-0.15, -0.1) is 0 Å². The Balaban J connectivity index is 2.41. The maximum absolute atomic E-state index is 6.84. The van der Waals surface area contributed by atoms with Crippen molar-refractivity contribution in [3.8, 4) is 5.92 Å². The molecular weight excluding hydrogens is 96.1 g/mol. The van der Waals surface area contributed by atoms with Gasteiger partial charge in [-0.1, -0.05) is 24.5 Å². The minimum Gasteiger partial charge on any atom is -0.0812 e. The topological polar surface area (TPSA) is 0 Å². The molecule has 0 spiro atoms. The van der Waals surface area contributed by atoms with Gasteiger partial charge in [-0.3, -0.25) is 0 Å². The highest BCUT2D eigenvalue weighted by atomic mass is 14.2. The van der Waals surface area contributed by atoms with Crippen LogP contribution in [-0.2, 0) is 0 Å². The fourth-order valence-corrected chi connectivity index (χ4v) is 0.800. The first-order chi connectivity index (χ1) is 3.88. The van der Waals surface area contributed by atoms with Crippen molar-refractivity contribution in [2.45, 2.75) is 19.8 Å². The van der Waals surface area contributed by atoms with E-state index < -0.39 is 0 Å². The van der Waals surface area contributed by atoms with Gasteiger partial charge >= 0.3 is 0 Å². The Kier molecular flexibility index (Phi) is 1.39. The smallest absolute Gasteiger partial charge is 0.0422 e. The average Bonchev–Trinajstić information content (AvgIpc) is 2.53. The van der Waals surface area contributed by atoms with Crippen LogP contribution in [0.2, 0.25) is 0 Å². The summed E-state index contributed by atoms with van der Waals surface area (Å²) in [5, 5.41) is 0. The summed E-state index contributed by atoms with van der Waals surface area (Å²) >= 11 is 0. The Hall–Kier alpha value is -0.700. The molecule has 0 heteroatoms. The van der Waals surface area contributed by atoms with Crippen LogP contribution < -0.4 is 0 Å². The molecule has 0 bridgehead atoms. The fraction of sp³-hybridized carbons (Fsp3) is 0.500. The lowest BCUT2D eigenvalue weighted by Crippen LogP contribution is -1.89. The molecule has 1 rings (SSSR count). The zero-order valence-corrected chi connectivity index (χ0v) is 5.07. The van der Waals surface area contributed by atoms with Crippen LogP contribution in [0.4, 0.5) is 0 Å². The highest BCUT2D eigenvalue weighted by Gasteiger charge is 2.15. The lowest BCUT2D eigenvalue weighted by molar-refractivity contribution is 0.771. The van der Waals surface area contributed by atoms with E-state index in [1.165, 1.54) is 5.57 Å². The van der Waals surface area contributed by atoms with Gasteiger partial charge < -0.3 is 0 Å². The van der Waals surface area contributed by atoms with Crippen molar-refractivity contribution < 1.29 is 0 Å². The van der Waals surface area contributed by atoms with Gasteiger partial charge in [-0.2, -0.15) is 0 Å². The quantitative estimate of drug-likeness (QED) is 0.372. The molecule has 0 aliphatic heterocycles. The third-order valence-electron chi connectivity index (χ3n) is 1.47. The third-order valence-corrected chi connectivity index (χ3v) is 1.47. The molecule has 0 saturated heterocycles.